The van der Waals surface area contributed by atoms with Gasteiger partial charge >= 0.3 is 5.97 Å². The van der Waals surface area contributed by atoms with Gasteiger partial charge in [0.15, 0.2) is 5.82 Å². The Balaban J connectivity index is 0.00000231. The summed E-state index contributed by atoms with van der Waals surface area (Å²) in [4.78, 5) is 25.7. The zero-order valence-corrected chi connectivity index (χ0v) is 17.2. The number of nitrogens with two attached hydrogens (primary N) is 1. The van der Waals surface area contributed by atoms with E-state index in [2.05, 4.69) is 0 Å². The van der Waals surface area contributed by atoms with Gasteiger partial charge in [-0.1, -0.05) is 18.2 Å². The normalized spacial score (nSPS) is 15.1. The number of pyridine rings is 1. The number of rotatable bonds is 4. The van der Waals surface area contributed by atoms with Crippen molar-refractivity contribution >= 4 is 35.0 Å². The van der Waals surface area contributed by atoms with Gasteiger partial charge in [0.25, 0.3) is 0 Å². The predicted molar refractivity (Wildman–Crippen MR) is 115 cm³/mol. The van der Waals surface area contributed by atoms with Gasteiger partial charge < -0.3 is 20.3 Å². The van der Waals surface area contributed by atoms with E-state index in [0.29, 0.717) is 19.6 Å². The largest absolute Gasteiger partial charge is 0.477 e. The Morgan fingerprint density at radius 2 is 1.87 bits per heavy atom. The molecule has 9 heteroatoms. The van der Waals surface area contributed by atoms with Crippen LogP contribution >= 0.6 is 12.4 Å². The Labute approximate surface area is 182 Å². The lowest BCUT2D eigenvalue weighted by Gasteiger charge is -2.22. The number of halogens is 3. The van der Waals surface area contributed by atoms with Crippen molar-refractivity contribution in [3.05, 3.63) is 74.6 Å². The summed E-state index contributed by atoms with van der Waals surface area (Å²) < 4.78 is 32.2. The van der Waals surface area contributed by atoms with E-state index in [4.69, 9.17) is 5.73 Å². The van der Waals surface area contributed by atoms with Crippen molar-refractivity contribution < 1.29 is 18.7 Å². The molecule has 0 saturated heterocycles. The Morgan fingerprint density at radius 3 is 2.52 bits per heavy atom. The van der Waals surface area contributed by atoms with E-state index in [0.717, 1.165) is 35.6 Å². The fourth-order valence-electron chi connectivity index (χ4n) is 4.25. The SMILES string of the molecule is Cl.NCc1ccc2c(c1)CN(c1c(F)cc3c(=O)c(C(=O)O)cn(C4CC4)c3c1F)C2. The average Bonchev–Trinajstić information content (AvgIpc) is 3.47. The third kappa shape index (κ3) is 3.36. The molecule has 0 bridgehead atoms. The van der Waals surface area contributed by atoms with Crippen LogP contribution in [0.2, 0.25) is 0 Å². The van der Waals surface area contributed by atoms with Crippen LogP contribution in [0.3, 0.4) is 0 Å². The number of hydrogen-bond acceptors (Lipinski definition) is 4. The summed E-state index contributed by atoms with van der Waals surface area (Å²) in [7, 11) is 0. The highest BCUT2D eigenvalue weighted by atomic mass is 35.5. The number of anilines is 1. The quantitative estimate of drug-likeness (QED) is 0.636. The molecule has 0 radical (unpaired) electrons. The molecule has 3 N–H and O–H groups in total. The highest BCUT2D eigenvalue weighted by molar-refractivity contribution is 5.94. The molecule has 1 saturated carbocycles. The van der Waals surface area contributed by atoms with E-state index in [1.807, 2.05) is 18.2 Å². The molecule has 2 aliphatic rings. The van der Waals surface area contributed by atoms with Gasteiger partial charge in [0.1, 0.15) is 17.1 Å². The molecule has 0 spiro atoms. The topological polar surface area (TPSA) is 88.6 Å². The number of aromatic carboxylic acids is 1. The summed E-state index contributed by atoms with van der Waals surface area (Å²) in [5.41, 5.74) is 6.95. The Kier molecular flexibility index (Phi) is 5.23. The minimum Gasteiger partial charge on any atom is -0.477 e. The first kappa shape index (κ1) is 21.3. The lowest BCUT2D eigenvalue weighted by molar-refractivity contribution is 0.0694. The number of carboxylic acids is 1. The fourth-order valence-corrected chi connectivity index (χ4v) is 4.25. The van der Waals surface area contributed by atoms with Crippen LogP contribution < -0.4 is 16.1 Å². The molecule has 0 unspecified atom stereocenters. The number of carboxylic acid groups (broad SMARTS) is 1. The maximum atomic E-state index is 15.7. The van der Waals surface area contributed by atoms with Crippen molar-refractivity contribution in [2.45, 2.75) is 38.5 Å². The lowest BCUT2D eigenvalue weighted by Crippen LogP contribution is -2.22. The molecule has 162 valence electrons. The molecule has 0 amide bonds. The van der Waals surface area contributed by atoms with Crippen molar-refractivity contribution in [1.29, 1.82) is 0 Å². The lowest BCUT2D eigenvalue weighted by atomic mass is 10.1. The number of hydrogen-bond donors (Lipinski definition) is 2. The molecule has 1 aliphatic heterocycles. The number of aromatic nitrogens is 1. The molecule has 5 rings (SSSR count). The van der Waals surface area contributed by atoms with E-state index in [-0.39, 0.29) is 35.0 Å². The molecule has 2 heterocycles. The maximum absolute atomic E-state index is 15.7. The van der Waals surface area contributed by atoms with Crippen LogP contribution in [0.5, 0.6) is 0 Å². The number of benzene rings is 2. The molecule has 1 fully saturated rings. The Morgan fingerprint density at radius 1 is 1.16 bits per heavy atom. The highest BCUT2D eigenvalue weighted by Crippen LogP contribution is 2.41. The second kappa shape index (κ2) is 7.62. The summed E-state index contributed by atoms with van der Waals surface area (Å²) in [6.45, 7) is 1.04. The van der Waals surface area contributed by atoms with Gasteiger partial charge in [0.05, 0.1) is 10.9 Å². The first-order chi connectivity index (χ1) is 14.4. The zero-order chi connectivity index (χ0) is 21.2. The van der Waals surface area contributed by atoms with Gasteiger partial charge in [0.2, 0.25) is 5.43 Å². The van der Waals surface area contributed by atoms with Crippen molar-refractivity contribution in [3.63, 3.8) is 0 Å². The Bertz CT molecular complexity index is 1290. The highest BCUT2D eigenvalue weighted by Gasteiger charge is 2.32. The van der Waals surface area contributed by atoms with Crippen molar-refractivity contribution in [1.82, 2.24) is 4.57 Å². The molecule has 0 atom stereocenters. The third-order valence-electron chi connectivity index (χ3n) is 5.90. The monoisotopic (exact) mass is 447 g/mol. The van der Waals surface area contributed by atoms with Crippen LogP contribution in [0.1, 0.15) is 45.9 Å². The zero-order valence-electron chi connectivity index (χ0n) is 16.4. The molecule has 2 aromatic carbocycles. The van der Waals surface area contributed by atoms with Crippen LogP contribution in [0, 0.1) is 11.6 Å². The second-order valence-corrected chi connectivity index (χ2v) is 7.90. The average molecular weight is 448 g/mol. The van der Waals surface area contributed by atoms with Gasteiger partial charge in [-0.2, -0.15) is 0 Å². The Hall–Kier alpha value is -2.97. The number of nitrogens with zero attached hydrogens (tertiary/aromatic N) is 2. The summed E-state index contributed by atoms with van der Waals surface area (Å²) in [6, 6.07) is 6.62. The van der Waals surface area contributed by atoms with Crippen LogP contribution in [-0.2, 0) is 19.6 Å². The van der Waals surface area contributed by atoms with Gasteiger partial charge in [-0.3, -0.25) is 4.79 Å². The molecule has 1 aliphatic carbocycles. The molecule has 31 heavy (non-hydrogen) atoms. The van der Waals surface area contributed by atoms with E-state index >= 15 is 8.78 Å². The number of fused-ring (bicyclic) bond motifs is 2. The molecule has 6 nitrogen and oxygen atoms in total. The van der Waals surface area contributed by atoms with Crippen LogP contribution in [0.4, 0.5) is 14.5 Å². The minimum atomic E-state index is -1.41. The van der Waals surface area contributed by atoms with Crippen molar-refractivity contribution in [2.75, 3.05) is 4.90 Å². The maximum Gasteiger partial charge on any atom is 0.341 e. The van der Waals surface area contributed by atoms with Gasteiger partial charge in [-0.05, 0) is 35.6 Å². The van der Waals surface area contributed by atoms with Gasteiger partial charge in [-0.15, -0.1) is 12.4 Å². The second-order valence-electron chi connectivity index (χ2n) is 7.90. The first-order valence-electron chi connectivity index (χ1n) is 9.75. The van der Waals surface area contributed by atoms with E-state index in [9.17, 15) is 14.7 Å². The molecular formula is C22H20ClF2N3O3. The predicted octanol–water partition coefficient (Wildman–Crippen LogP) is 3.71. The van der Waals surface area contributed by atoms with E-state index in [1.165, 1.54) is 10.8 Å². The molecule has 3 aromatic rings. The fraction of sp³-hybridized carbons (Fsp3) is 0.273. The number of carbonyl (C=O) groups is 1. The van der Waals surface area contributed by atoms with Gasteiger partial charge in [-0.25, -0.2) is 13.6 Å². The smallest absolute Gasteiger partial charge is 0.341 e. The minimum absolute atomic E-state index is 0. The summed E-state index contributed by atoms with van der Waals surface area (Å²) in [5.74, 6) is -3.13. The van der Waals surface area contributed by atoms with Crippen LogP contribution in [0.15, 0.2) is 35.3 Å². The molecule has 1 aromatic heterocycles. The molecular weight excluding hydrogens is 428 g/mol. The van der Waals surface area contributed by atoms with Crippen molar-refractivity contribution in [3.8, 4) is 0 Å². The van der Waals surface area contributed by atoms with Gasteiger partial charge in [0, 0.05) is 31.9 Å². The summed E-state index contributed by atoms with van der Waals surface area (Å²) in [5, 5.41) is 9.09. The standard InChI is InChI=1S/C22H19F2N3O3.ClH/c23-17-6-15-19(27(14-3-4-14)10-16(21(15)28)22(29)30)18(24)20(17)26-8-12-2-1-11(7-25)5-13(12)9-26;/h1-2,5-6,10,14H,3-4,7-9,25H2,(H,29,30);1H. The van der Waals surface area contributed by atoms with Crippen LogP contribution in [0.25, 0.3) is 10.9 Å². The van der Waals surface area contributed by atoms with E-state index in [1.54, 1.807) is 4.90 Å². The summed E-state index contributed by atoms with van der Waals surface area (Å²) >= 11 is 0. The summed E-state index contributed by atoms with van der Waals surface area (Å²) in [6.07, 6.45) is 2.68. The third-order valence-corrected chi connectivity index (χ3v) is 5.90. The van der Waals surface area contributed by atoms with Crippen LogP contribution in [-0.4, -0.2) is 15.6 Å². The van der Waals surface area contributed by atoms with Crippen molar-refractivity contribution in [2.24, 2.45) is 5.73 Å². The van der Waals surface area contributed by atoms with E-state index < -0.39 is 28.6 Å². The first-order valence-corrected chi connectivity index (χ1v) is 9.75.